The summed E-state index contributed by atoms with van der Waals surface area (Å²) >= 11 is 0. The number of rotatable bonds is 5. The first-order valence-electron chi connectivity index (χ1n) is 7.21. The molecule has 1 aromatic heterocycles. The lowest BCUT2D eigenvalue weighted by molar-refractivity contribution is -0.139. The van der Waals surface area contributed by atoms with Gasteiger partial charge < -0.3 is 15.0 Å². The van der Waals surface area contributed by atoms with Gasteiger partial charge in [0.2, 0.25) is 0 Å². The average Bonchev–Trinajstić information content (AvgIpc) is 2.79. The molecule has 1 atom stereocenters. The summed E-state index contributed by atoms with van der Waals surface area (Å²) in [5.74, 6) is -1.45. The lowest BCUT2D eigenvalue weighted by Gasteiger charge is -2.15. The Balaban J connectivity index is 2.28. The Bertz CT molecular complexity index is 689. The molecule has 2 aromatic rings. The Kier molecular flexibility index (Phi) is 4.65. The lowest BCUT2D eigenvalue weighted by atomic mass is 10.1. The summed E-state index contributed by atoms with van der Waals surface area (Å²) in [6.45, 7) is 6.57. The highest BCUT2D eigenvalue weighted by atomic mass is 16.4. The highest BCUT2D eigenvalue weighted by Gasteiger charge is 2.24. The molecule has 0 aliphatic heterocycles. The standard InChI is InChI=1S/C17H20N2O3/c1-4-19-11(2)10-14(12(19)3)16(20)18-15(17(21)22)13-8-6-5-7-9-13/h5-10,15H,4H2,1-3H3,(H,18,20)(H,21,22). The van der Waals surface area contributed by atoms with Crippen LogP contribution in [0.25, 0.3) is 0 Å². The summed E-state index contributed by atoms with van der Waals surface area (Å²) in [4.78, 5) is 23.9. The zero-order valence-corrected chi connectivity index (χ0v) is 13.0. The first-order chi connectivity index (χ1) is 10.5. The molecule has 5 nitrogen and oxygen atoms in total. The molecule has 0 spiro atoms. The van der Waals surface area contributed by atoms with Crippen LogP contribution in [0.1, 0.15) is 40.3 Å². The molecule has 0 aliphatic carbocycles. The predicted octanol–water partition coefficient (Wildman–Crippen LogP) is 2.68. The molecule has 1 unspecified atom stereocenters. The van der Waals surface area contributed by atoms with E-state index >= 15 is 0 Å². The molecule has 5 heteroatoms. The largest absolute Gasteiger partial charge is 0.479 e. The second-order valence-corrected chi connectivity index (χ2v) is 5.18. The fourth-order valence-electron chi connectivity index (χ4n) is 2.66. The summed E-state index contributed by atoms with van der Waals surface area (Å²) in [6, 6.07) is 9.42. The van der Waals surface area contributed by atoms with E-state index in [0.717, 1.165) is 17.9 Å². The van der Waals surface area contributed by atoms with Gasteiger partial charge in [0.05, 0.1) is 5.56 Å². The average molecular weight is 300 g/mol. The van der Waals surface area contributed by atoms with Crippen molar-refractivity contribution in [1.82, 2.24) is 9.88 Å². The number of nitrogens with one attached hydrogen (secondary N) is 1. The van der Waals surface area contributed by atoms with Crippen LogP contribution in [0, 0.1) is 13.8 Å². The molecule has 0 bridgehead atoms. The number of aliphatic carboxylic acids is 1. The van der Waals surface area contributed by atoms with Crippen LogP contribution in [-0.2, 0) is 11.3 Å². The van der Waals surface area contributed by atoms with Crippen LogP contribution in [-0.4, -0.2) is 21.6 Å². The Labute approximate surface area is 129 Å². The third-order valence-electron chi connectivity index (χ3n) is 3.79. The van der Waals surface area contributed by atoms with Crippen molar-refractivity contribution in [2.45, 2.75) is 33.4 Å². The molecule has 22 heavy (non-hydrogen) atoms. The third kappa shape index (κ3) is 3.03. The van der Waals surface area contributed by atoms with Crippen molar-refractivity contribution in [3.8, 4) is 0 Å². The SMILES string of the molecule is CCn1c(C)cc(C(=O)NC(C(=O)O)c2ccccc2)c1C. The smallest absolute Gasteiger partial charge is 0.330 e. The lowest BCUT2D eigenvalue weighted by Crippen LogP contribution is -2.34. The van der Waals surface area contributed by atoms with E-state index < -0.39 is 12.0 Å². The van der Waals surface area contributed by atoms with Gasteiger partial charge in [0.1, 0.15) is 0 Å². The molecule has 2 rings (SSSR count). The van der Waals surface area contributed by atoms with Gasteiger partial charge in [-0.15, -0.1) is 0 Å². The van der Waals surface area contributed by atoms with E-state index in [1.54, 1.807) is 36.4 Å². The summed E-state index contributed by atoms with van der Waals surface area (Å²) in [6.07, 6.45) is 0. The topological polar surface area (TPSA) is 71.3 Å². The number of aromatic nitrogens is 1. The molecular formula is C17H20N2O3. The molecule has 1 aromatic carbocycles. The number of hydrogen-bond donors (Lipinski definition) is 2. The van der Waals surface area contributed by atoms with E-state index in [1.807, 2.05) is 25.3 Å². The van der Waals surface area contributed by atoms with Crippen molar-refractivity contribution in [2.75, 3.05) is 0 Å². The van der Waals surface area contributed by atoms with Gasteiger partial charge >= 0.3 is 5.97 Å². The van der Waals surface area contributed by atoms with Gasteiger partial charge in [0.25, 0.3) is 5.91 Å². The number of aryl methyl sites for hydroxylation is 1. The zero-order chi connectivity index (χ0) is 16.3. The first-order valence-corrected chi connectivity index (χ1v) is 7.21. The van der Waals surface area contributed by atoms with Gasteiger partial charge in [0.15, 0.2) is 6.04 Å². The monoisotopic (exact) mass is 300 g/mol. The number of nitrogens with zero attached hydrogens (tertiary/aromatic N) is 1. The fourth-order valence-corrected chi connectivity index (χ4v) is 2.66. The van der Waals surface area contributed by atoms with Crippen LogP contribution in [0.5, 0.6) is 0 Å². The van der Waals surface area contributed by atoms with Crippen LogP contribution in [0.15, 0.2) is 36.4 Å². The first kappa shape index (κ1) is 15.8. The Morgan fingerprint density at radius 3 is 2.36 bits per heavy atom. The maximum atomic E-state index is 12.4. The number of benzene rings is 1. The van der Waals surface area contributed by atoms with Crippen LogP contribution >= 0.6 is 0 Å². The summed E-state index contributed by atoms with van der Waals surface area (Å²) in [5, 5.41) is 12.0. The van der Waals surface area contributed by atoms with Gasteiger partial charge in [-0.3, -0.25) is 4.79 Å². The maximum absolute atomic E-state index is 12.4. The molecule has 2 N–H and O–H groups in total. The minimum atomic E-state index is -1.08. The fraction of sp³-hybridized carbons (Fsp3) is 0.294. The van der Waals surface area contributed by atoms with Crippen molar-refractivity contribution in [1.29, 1.82) is 0 Å². The Morgan fingerprint density at radius 1 is 1.23 bits per heavy atom. The van der Waals surface area contributed by atoms with Crippen LogP contribution in [0.4, 0.5) is 0 Å². The molecule has 0 aliphatic rings. The van der Waals surface area contributed by atoms with Gasteiger partial charge in [0, 0.05) is 17.9 Å². The molecular weight excluding hydrogens is 280 g/mol. The van der Waals surface area contributed by atoms with Crippen molar-refractivity contribution in [3.05, 3.63) is 58.9 Å². The minimum absolute atomic E-state index is 0.371. The Morgan fingerprint density at radius 2 is 1.86 bits per heavy atom. The number of amides is 1. The molecule has 0 saturated heterocycles. The summed E-state index contributed by atoms with van der Waals surface area (Å²) in [7, 11) is 0. The van der Waals surface area contributed by atoms with Crippen molar-refractivity contribution >= 4 is 11.9 Å². The molecule has 116 valence electrons. The number of carboxylic acids is 1. The number of carbonyl (C=O) groups excluding carboxylic acids is 1. The van der Waals surface area contributed by atoms with E-state index in [-0.39, 0.29) is 5.91 Å². The van der Waals surface area contributed by atoms with Crippen molar-refractivity contribution in [2.24, 2.45) is 0 Å². The van der Waals surface area contributed by atoms with E-state index in [2.05, 4.69) is 5.32 Å². The molecule has 0 fully saturated rings. The zero-order valence-electron chi connectivity index (χ0n) is 13.0. The number of carboxylic acid groups (broad SMARTS) is 1. The second kappa shape index (κ2) is 6.47. The quantitative estimate of drug-likeness (QED) is 0.891. The highest BCUT2D eigenvalue weighted by molar-refractivity contribution is 5.98. The highest BCUT2D eigenvalue weighted by Crippen LogP contribution is 2.18. The predicted molar refractivity (Wildman–Crippen MR) is 83.9 cm³/mol. The Hall–Kier alpha value is -2.56. The maximum Gasteiger partial charge on any atom is 0.330 e. The van der Waals surface area contributed by atoms with Crippen LogP contribution < -0.4 is 5.32 Å². The molecule has 1 heterocycles. The van der Waals surface area contributed by atoms with Crippen molar-refractivity contribution in [3.63, 3.8) is 0 Å². The van der Waals surface area contributed by atoms with E-state index in [4.69, 9.17) is 0 Å². The third-order valence-corrected chi connectivity index (χ3v) is 3.79. The number of hydrogen-bond acceptors (Lipinski definition) is 2. The van der Waals surface area contributed by atoms with Crippen molar-refractivity contribution < 1.29 is 14.7 Å². The summed E-state index contributed by atoms with van der Waals surface area (Å²) < 4.78 is 2.02. The minimum Gasteiger partial charge on any atom is -0.479 e. The number of carbonyl (C=O) groups is 2. The van der Waals surface area contributed by atoms with E-state index in [0.29, 0.717) is 11.1 Å². The van der Waals surface area contributed by atoms with E-state index in [1.165, 1.54) is 0 Å². The molecule has 1 amide bonds. The summed E-state index contributed by atoms with van der Waals surface area (Å²) in [5.41, 5.74) is 2.89. The van der Waals surface area contributed by atoms with Gasteiger partial charge in [-0.25, -0.2) is 4.79 Å². The molecule has 0 saturated carbocycles. The van der Waals surface area contributed by atoms with Gasteiger partial charge in [-0.2, -0.15) is 0 Å². The second-order valence-electron chi connectivity index (χ2n) is 5.18. The van der Waals surface area contributed by atoms with Crippen LogP contribution in [0.3, 0.4) is 0 Å². The van der Waals surface area contributed by atoms with Crippen LogP contribution in [0.2, 0.25) is 0 Å². The van der Waals surface area contributed by atoms with Gasteiger partial charge in [-0.05, 0) is 32.4 Å². The normalized spacial score (nSPS) is 12.0. The van der Waals surface area contributed by atoms with E-state index in [9.17, 15) is 14.7 Å². The molecule has 0 radical (unpaired) electrons. The van der Waals surface area contributed by atoms with Gasteiger partial charge in [-0.1, -0.05) is 30.3 Å².